The number of hydrogen-bond donors (Lipinski definition) is 0. The Hall–Kier alpha value is -9.52. The van der Waals surface area contributed by atoms with Crippen LogP contribution in [0.25, 0.3) is 123 Å². The molecule has 0 fully saturated rings. The highest BCUT2D eigenvalue weighted by Crippen LogP contribution is 2.48. The summed E-state index contributed by atoms with van der Waals surface area (Å²) in [6, 6.07) is 53.8. The van der Waals surface area contributed by atoms with Crippen LogP contribution in [-0.4, -0.2) is 7.05 Å². The van der Waals surface area contributed by atoms with Crippen LogP contribution in [0.2, 0.25) is 0 Å². The standard InChI is InChI=1S/C45H37NO2.C28H23NO2.2C2H6/c1-7-14-33-32(8-2)44(47-42(33)27(4)5)37(9-3)46(39-22-13-20-35-34-19-10-15-28(6)43(34)48-45(35)39)38-21-12-18-31-24-23-29-16-11-17-30-25-26-36(38)41(31)40(29)30;1-4-18-10-6-12-20-22-14-8-16-24(28(22)31-26(18)20)29(3)23-15-7-13-21-19-11-5-9-17(2)25(19)30-27(21)23;2*1-2/h7-11,13-26H,2,4,12H2,1,3,5-6H3;5-16H,4H2,1-3H3;2*1-2H3/b14-7-,37-9+;;;. The van der Waals surface area contributed by atoms with Gasteiger partial charge in [0, 0.05) is 56.1 Å². The van der Waals surface area contributed by atoms with Gasteiger partial charge in [-0.15, -0.1) is 0 Å². The molecule has 414 valence electrons. The molecule has 14 rings (SSSR count). The topological polar surface area (TPSA) is 59.0 Å². The van der Waals surface area contributed by atoms with Gasteiger partial charge in [0.25, 0.3) is 0 Å². The second-order valence-electron chi connectivity index (χ2n) is 20.7. The van der Waals surface area contributed by atoms with Crippen molar-refractivity contribution in [3.63, 3.8) is 0 Å². The maximum absolute atomic E-state index is 6.82. The fraction of sp³-hybridized carbons (Fsp3) is 0.169. The van der Waals surface area contributed by atoms with Crippen molar-refractivity contribution >= 4 is 140 Å². The predicted octanol–water partition coefficient (Wildman–Crippen LogP) is 22.5. The first-order valence-corrected chi connectivity index (χ1v) is 29.3. The lowest BCUT2D eigenvalue weighted by Crippen LogP contribution is -2.21. The first-order valence-electron chi connectivity index (χ1n) is 29.3. The number of allylic oxidation sites excluding steroid dienone is 4. The molecule has 0 saturated heterocycles. The van der Waals surface area contributed by atoms with Crippen molar-refractivity contribution in [2.24, 2.45) is 0 Å². The fourth-order valence-corrected chi connectivity index (χ4v) is 12.2. The second-order valence-corrected chi connectivity index (χ2v) is 20.7. The van der Waals surface area contributed by atoms with Crippen LogP contribution in [0.3, 0.4) is 0 Å². The third kappa shape index (κ3) is 9.23. The van der Waals surface area contributed by atoms with Gasteiger partial charge in [0.1, 0.15) is 22.5 Å². The number of nitrogens with zero attached hydrogens (tertiary/aromatic N) is 2. The zero-order chi connectivity index (χ0) is 58.2. The van der Waals surface area contributed by atoms with Crippen molar-refractivity contribution in [3.8, 4) is 0 Å². The number of furan rings is 4. The van der Waals surface area contributed by atoms with Crippen LogP contribution in [0.1, 0.15) is 107 Å². The molecule has 6 nitrogen and oxygen atoms in total. The summed E-state index contributed by atoms with van der Waals surface area (Å²) in [5.41, 5.74) is 17.8. The van der Waals surface area contributed by atoms with Gasteiger partial charge in [-0.2, -0.15) is 0 Å². The van der Waals surface area contributed by atoms with Crippen LogP contribution >= 0.6 is 0 Å². The summed E-state index contributed by atoms with van der Waals surface area (Å²) in [6.07, 6.45) is 14.5. The average Bonchev–Trinajstić information content (AvgIpc) is 4.37. The Balaban J connectivity index is 0.000000177. The van der Waals surface area contributed by atoms with E-state index in [1.54, 1.807) is 0 Å². The minimum atomic E-state index is 0.733. The van der Waals surface area contributed by atoms with Gasteiger partial charge in [0.15, 0.2) is 22.5 Å². The third-order valence-corrected chi connectivity index (χ3v) is 16.0. The van der Waals surface area contributed by atoms with Gasteiger partial charge in [0.05, 0.1) is 28.5 Å². The Morgan fingerprint density at radius 3 is 1.57 bits per heavy atom. The summed E-state index contributed by atoms with van der Waals surface area (Å²) in [5, 5.41) is 13.0. The number of rotatable bonds is 10. The first-order chi connectivity index (χ1) is 40.6. The molecule has 1 aliphatic rings. The predicted molar refractivity (Wildman–Crippen MR) is 359 cm³/mol. The van der Waals surface area contributed by atoms with Crippen molar-refractivity contribution in [1.82, 2.24) is 0 Å². The van der Waals surface area contributed by atoms with Crippen molar-refractivity contribution in [2.75, 3.05) is 16.8 Å². The van der Waals surface area contributed by atoms with E-state index in [9.17, 15) is 0 Å². The molecule has 4 aromatic heterocycles. The normalized spacial score (nSPS) is 12.3. The molecular weight excluding hydrogens is 1020 g/mol. The molecule has 0 N–H and O–H groups in total. The molecule has 6 heteroatoms. The first kappa shape index (κ1) is 55.4. The minimum absolute atomic E-state index is 0.733. The minimum Gasteiger partial charge on any atom is -0.454 e. The molecule has 0 atom stereocenters. The Morgan fingerprint density at radius 1 is 0.530 bits per heavy atom. The summed E-state index contributed by atoms with van der Waals surface area (Å²) in [4.78, 5) is 4.51. The number of anilines is 3. The van der Waals surface area contributed by atoms with Crippen molar-refractivity contribution in [3.05, 3.63) is 233 Å². The number of fused-ring (bicyclic) bond motifs is 9. The summed E-state index contributed by atoms with van der Waals surface area (Å²) in [5.74, 6) is 1.49. The number of benzene rings is 9. The molecule has 1 aliphatic carbocycles. The van der Waals surface area contributed by atoms with Crippen LogP contribution in [0.15, 0.2) is 201 Å². The van der Waals surface area contributed by atoms with Crippen molar-refractivity contribution in [1.29, 1.82) is 0 Å². The smallest absolute Gasteiger partial charge is 0.159 e. The quantitative estimate of drug-likeness (QED) is 0.136. The highest BCUT2D eigenvalue weighted by atomic mass is 16.3. The lowest BCUT2D eigenvalue weighted by atomic mass is 9.93. The van der Waals surface area contributed by atoms with Gasteiger partial charge in [-0.05, 0) is 115 Å². The molecule has 0 radical (unpaired) electrons. The molecule has 0 aliphatic heterocycles. The summed E-state index contributed by atoms with van der Waals surface area (Å²) < 4.78 is 26.5. The Labute approximate surface area is 486 Å². The van der Waals surface area contributed by atoms with E-state index >= 15 is 0 Å². The number of para-hydroxylation sites is 6. The second kappa shape index (κ2) is 23.1. The summed E-state index contributed by atoms with van der Waals surface area (Å²) in [7, 11) is 2.08. The highest BCUT2D eigenvalue weighted by molar-refractivity contribution is 6.18. The van der Waals surface area contributed by atoms with E-state index in [1.807, 2.05) is 53.7 Å². The van der Waals surface area contributed by atoms with Gasteiger partial charge in [-0.1, -0.05) is 218 Å². The lowest BCUT2D eigenvalue weighted by molar-refractivity contribution is 0.537. The molecule has 0 bridgehead atoms. The van der Waals surface area contributed by atoms with E-state index in [4.69, 9.17) is 17.7 Å². The summed E-state index contributed by atoms with van der Waals surface area (Å²) in [6.45, 7) is 29.0. The van der Waals surface area contributed by atoms with Crippen LogP contribution in [0.4, 0.5) is 17.1 Å². The van der Waals surface area contributed by atoms with Gasteiger partial charge < -0.3 is 27.5 Å². The van der Waals surface area contributed by atoms with Gasteiger partial charge in [-0.25, -0.2) is 0 Å². The monoisotopic (exact) mass is 1090 g/mol. The van der Waals surface area contributed by atoms with Gasteiger partial charge in [-0.3, -0.25) is 0 Å². The van der Waals surface area contributed by atoms with Crippen LogP contribution in [0.5, 0.6) is 0 Å². The fourth-order valence-electron chi connectivity index (χ4n) is 12.2. The third-order valence-electron chi connectivity index (χ3n) is 16.0. The molecule has 0 spiro atoms. The largest absolute Gasteiger partial charge is 0.454 e. The average molecular weight is 1090 g/mol. The van der Waals surface area contributed by atoms with E-state index in [0.717, 1.165) is 147 Å². The molecule has 0 amide bonds. The Bertz CT molecular complexity index is 4800. The maximum Gasteiger partial charge on any atom is 0.159 e. The van der Waals surface area contributed by atoms with Crippen LogP contribution < -0.4 is 15.0 Å². The molecule has 83 heavy (non-hydrogen) atoms. The SMILES string of the molecule is C=Cc1c(/C(=C\C)N(C2=CCC=c3ccc4cccc5ccc2c3c54)c2cccc3c2oc2c(C)cccc23)oc(C(=C)C)c1/C=C\C.CC.CC.CCc1cccc2c1oc1c(N(C)c3cccc4c3oc3c(C)cccc34)cccc12. The molecule has 9 aromatic carbocycles. The highest BCUT2D eigenvalue weighted by Gasteiger charge is 2.31. The molecular formula is C77H72N2O4. The van der Waals surface area contributed by atoms with Crippen molar-refractivity contribution < 1.29 is 17.7 Å². The number of aryl methyl sites for hydroxylation is 3. The molecule has 4 heterocycles. The van der Waals surface area contributed by atoms with E-state index in [-0.39, 0.29) is 0 Å². The van der Waals surface area contributed by atoms with Gasteiger partial charge in [0.2, 0.25) is 0 Å². The van der Waals surface area contributed by atoms with Gasteiger partial charge >= 0.3 is 0 Å². The lowest BCUT2D eigenvalue weighted by Gasteiger charge is -2.30. The maximum atomic E-state index is 6.82. The Morgan fingerprint density at radius 2 is 1.02 bits per heavy atom. The molecule has 0 unspecified atom stereocenters. The summed E-state index contributed by atoms with van der Waals surface area (Å²) >= 11 is 0. The van der Waals surface area contributed by atoms with E-state index in [1.165, 1.54) is 37.7 Å². The van der Waals surface area contributed by atoms with E-state index < -0.39 is 0 Å². The van der Waals surface area contributed by atoms with E-state index in [2.05, 4.69) is 234 Å². The van der Waals surface area contributed by atoms with Crippen molar-refractivity contribution in [2.45, 2.75) is 82.1 Å². The molecule has 0 saturated carbocycles. The van der Waals surface area contributed by atoms with Crippen LogP contribution in [-0.2, 0) is 6.42 Å². The zero-order valence-electron chi connectivity index (χ0n) is 49.8. The van der Waals surface area contributed by atoms with Crippen LogP contribution in [0, 0.1) is 13.8 Å². The number of hydrogen-bond acceptors (Lipinski definition) is 6. The molecule has 13 aromatic rings. The Kier molecular flexibility index (Phi) is 15.4. The zero-order valence-corrected chi connectivity index (χ0v) is 49.8. The van der Waals surface area contributed by atoms with E-state index in [0.29, 0.717) is 0 Å².